The summed E-state index contributed by atoms with van der Waals surface area (Å²) in [5.41, 5.74) is 3.71. The first-order chi connectivity index (χ1) is 10.2. The fraction of sp³-hybridized carbons (Fsp3) is 0.667. The van der Waals surface area contributed by atoms with Crippen LogP contribution in [0.1, 0.15) is 36.0 Å². The van der Waals surface area contributed by atoms with Crippen LogP contribution in [-0.2, 0) is 4.74 Å². The number of rotatable bonds is 7. The van der Waals surface area contributed by atoms with Gasteiger partial charge in [-0.25, -0.2) is 0 Å². The highest BCUT2D eigenvalue weighted by molar-refractivity contribution is 5.42. The van der Waals surface area contributed by atoms with Gasteiger partial charge in [-0.3, -0.25) is 0 Å². The van der Waals surface area contributed by atoms with Gasteiger partial charge in [0.1, 0.15) is 12.4 Å². The summed E-state index contributed by atoms with van der Waals surface area (Å²) >= 11 is 0. The maximum atomic E-state index is 5.88. The smallest absolute Gasteiger partial charge is 0.125 e. The van der Waals surface area contributed by atoms with Crippen molar-refractivity contribution < 1.29 is 9.47 Å². The second kappa shape index (κ2) is 8.40. The Hall–Kier alpha value is -1.06. The van der Waals surface area contributed by atoms with Crippen LogP contribution in [0.4, 0.5) is 0 Å². The van der Waals surface area contributed by atoms with E-state index in [9.17, 15) is 0 Å². The van der Waals surface area contributed by atoms with E-state index in [1.807, 2.05) is 0 Å². The van der Waals surface area contributed by atoms with Gasteiger partial charge in [0.25, 0.3) is 0 Å². The fourth-order valence-corrected chi connectivity index (χ4v) is 3.08. The minimum absolute atomic E-state index is 0.630. The summed E-state index contributed by atoms with van der Waals surface area (Å²) in [5, 5.41) is 0. The molecule has 0 N–H and O–H groups in total. The number of benzene rings is 1. The fourth-order valence-electron chi connectivity index (χ4n) is 3.08. The Morgan fingerprint density at radius 2 is 1.57 bits per heavy atom. The summed E-state index contributed by atoms with van der Waals surface area (Å²) in [4.78, 5) is 2.50. The average molecular weight is 291 g/mol. The summed E-state index contributed by atoms with van der Waals surface area (Å²) in [6.45, 7) is 12.0. The van der Waals surface area contributed by atoms with Gasteiger partial charge in [-0.1, -0.05) is 24.1 Å². The number of hydrogen-bond donors (Lipinski definition) is 0. The van der Waals surface area contributed by atoms with Crippen LogP contribution < -0.4 is 4.74 Å². The van der Waals surface area contributed by atoms with Crippen molar-refractivity contribution in [3.05, 3.63) is 28.8 Å². The maximum absolute atomic E-state index is 5.88. The number of ether oxygens (including phenoxy) is 2. The zero-order valence-electron chi connectivity index (χ0n) is 13.8. The molecule has 118 valence electrons. The molecule has 0 aromatic heterocycles. The van der Waals surface area contributed by atoms with E-state index >= 15 is 0 Å². The molecule has 0 unspecified atom stereocenters. The minimum atomic E-state index is 0.630. The molecule has 0 spiro atoms. The second-order valence-corrected chi connectivity index (χ2v) is 6.09. The molecule has 0 saturated carbocycles. The summed E-state index contributed by atoms with van der Waals surface area (Å²) in [7, 11) is 0. The molecule has 1 aromatic carbocycles. The number of hydrogen-bond acceptors (Lipinski definition) is 3. The molecular weight excluding hydrogens is 262 g/mol. The molecule has 1 heterocycles. The van der Waals surface area contributed by atoms with Crippen LogP contribution in [0.25, 0.3) is 0 Å². The number of likely N-dealkylation sites (tertiary alicyclic amines) is 1. The number of nitrogens with zero attached hydrogens (tertiary/aromatic N) is 1. The van der Waals surface area contributed by atoms with E-state index in [2.05, 4.69) is 37.8 Å². The molecule has 1 fully saturated rings. The van der Waals surface area contributed by atoms with Crippen molar-refractivity contribution in [2.45, 2.75) is 40.0 Å². The Morgan fingerprint density at radius 3 is 2.24 bits per heavy atom. The number of aryl methyl sites for hydroxylation is 3. The Labute approximate surface area is 129 Å². The van der Waals surface area contributed by atoms with Crippen LogP contribution in [0.15, 0.2) is 12.1 Å². The third-order valence-electron chi connectivity index (χ3n) is 4.08. The van der Waals surface area contributed by atoms with Gasteiger partial charge in [-0.2, -0.15) is 0 Å². The summed E-state index contributed by atoms with van der Waals surface area (Å²) in [5.74, 6) is 1.01. The molecule has 1 aliphatic rings. The summed E-state index contributed by atoms with van der Waals surface area (Å²) in [6, 6.07) is 4.33. The number of piperidine rings is 1. The molecule has 0 radical (unpaired) electrons. The van der Waals surface area contributed by atoms with Crippen molar-refractivity contribution in [1.29, 1.82) is 0 Å². The maximum Gasteiger partial charge on any atom is 0.125 e. The highest BCUT2D eigenvalue weighted by Crippen LogP contribution is 2.24. The van der Waals surface area contributed by atoms with Crippen LogP contribution in [0, 0.1) is 20.8 Å². The highest BCUT2D eigenvalue weighted by Gasteiger charge is 2.09. The van der Waals surface area contributed by atoms with Gasteiger partial charge in [0.05, 0.1) is 13.2 Å². The van der Waals surface area contributed by atoms with Crippen molar-refractivity contribution >= 4 is 0 Å². The first-order valence-corrected chi connectivity index (χ1v) is 8.17. The van der Waals surface area contributed by atoms with E-state index < -0.39 is 0 Å². The van der Waals surface area contributed by atoms with E-state index in [1.165, 1.54) is 49.0 Å². The van der Waals surface area contributed by atoms with E-state index in [0.717, 1.165) is 18.9 Å². The van der Waals surface area contributed by atoms with Crippen molar-refractivity contribution in [2.24, 2.45) is 0 Å². The summed E-state index contributed by atoms with van der Waals surface area (Å²) < 4.78 is 11.6. The molecule has 0 amide bonds. The van der Waals surface area contributed by atoms with Gasteiger partial charge >= 0.3 is 0 Å². The molecule has 0 aliphatic carbocycles. The normalized spacial score (nSPS) is 16.1. The largest absolute Gasteiger partial charge is 0.491 e. The van der Waals surface area contributed by atoms with E-state index in [-0.39, 0.29) is 0 Å². The van der Waals surface area contributed by atoms with Gasteiger partial charge in [0.2, 0.25) is 0 Å². The van der Waals surface area contributed by atoms with Crippen molar-refractivity contribution in [3.63, 3.8) is 0 Å². The molecule has 1 aromatic rings. The first-order valence-electron chi connectivity index (χ1n) is 8.17. The van der Waals surface area contributed by atoms with Gasteiger partial charge in [-0.05, 0) is 57.8 Å². The lowest BCUT2D eigenvalue weighted by Crippen LogP contribution is -2.32. The van der Waals surface area contributed by atoms with E-state index in [4.69, 9.17) is 9.47 Å². The summed E-state index contributed by atoms with van der Waals surface area (Å²) in [6.07, 6.45) is 4.07. The average Bonchev–Trinajstić information content (AvgIpc) is 2.45. The predicted molar refractivity (Wildman–Crippen MR) is 87.3 cm³/mol. The van der Waals surface area contributed by atoms with Crippen LogP contribution in [0.5, 0.6) is 5.75 Å². The topological polar surface area (TPSA) is 21.7 Å². The van der Waals surface area contributed by atoms with Crippen molar-refractivity contribution in [1.82, 2.24) is 4.90 Å². The zero-order valence-corrected chi connectivity index (χ0v) is 13.8. The van der Waals surface area contributed by atoms with Gasteiger partial charge in [-0.15, -0.1) is 0 Å². The van der Waals surface area contributed by atoms with Crippen LogP contribution in [0.2, 0.25) is 0 Å². The molecule has 1 saturated heterocycles. The van der Waals surface area contributed by atoms with Gasteiger partial charge < -0.3 is 14.4 Å². The Balaban J connectivity index is 1.61. The van der Waals surface area contributed by atoms with Gasteiger partial charge in [0.15, 0.2) is 0 Å². The molecule has 0 atom stereocenters. The highest BCUT2D eigenvalue weighted by atomic mass is 16.5. The molecule has 3 heteroatoms. The first kappa shape index (κ1) is 16.3. The van der Waals surface area contributed by atoms with Crippen molar-refractivity contribution in [3.8, 4) is 5.75 Å². The molecule has 2 rings (SSSR count). The minimum Gasteiger partial charge on any atom is -0.491 e. The lowest BCUT2D eigenvalue weighted by molar-refractivity contribution is 0.0747. The molecule has 3 nitrogen and oxygen atoms in total. The Kier molecular flexibility index (Phi) is 6.52. The zero-order chi connectivity index (χ0) is 15.1. The monoisotopic (exact) mass is 291 g/mol. The molecule has 21 heavy (non-hydrogen) atoms. The third-order valence-corrected chi connectivity index (χ3v) is 4.08. The van der Waals surface area contributed by atoms with Crippen LogP contribution in [-0.4, -0.2) is 44.4 Å². The second-order valence-electron chi connectivity index (χ2n) is 6.09. The standard InChI is InChI=1S/C18H29NO2/c1-15-13-16(2)18(17(3)14-15)21-12-11-20-10-9-19-7-5-4-6-8-19/h13-14H,4-12H2,1-3H3. The quantitative estimate of drug-likeness (QED) is 0.718. The van der Waals surface area contributed by atoms with E-state index in [1.54, 1.807) is 0 Å². The van der Waals surface area contributed by atoms with Crippen LogP contribution in [0.3, 0.4) is 0 Å². The van der Waals surface area contributed by atoms with E-state index in [0.29, 0.717) is 13.2 Å². The van der Waals surface area contributed by atoms with Crippen molar-refractivity contribution in [2.75, 3.05) is 39.5 Å². The molecule has 0 bridgehead atoms. The predicted octanol–water partition coefficient (Wildman–Crippen LogP) is 3.49. The lowest BCUT2D eigenvalue weighted by Gasteiger charge is -2.26. The van der Waals surface area contributed by atoms with Crippen LogP contribution >= 0.6 is 0 Å². The SMILES string of the molecule is Cc1cc(C)c(OCCOCCN2CCCCC2)c(C)c1. The molecule has 1 aliphatic heterocycles. The molecular formula is C18H29NO2. The Bertz CT molecular complexity index is 416. The van der Waals surface area contributed by atoms with Gasteiger partial charge in [0, 0.05) is 6.54 Å². The lowest BCUT2D eigenvalue weighted by atomic mass is 10.1. The Morgan fingerprint density at radius 1 is 0.905 bits per heavy atom. The third kappa shape index (κ3) is 5.33.